The molecule has 0 unspecified atom stereocenters. The Balaban J connectivity index is 2.37. The van der Waals surface area contributed by atoms with E-state index in [0.29, 0.717) is 18.4 Å². The van der Waals surface area contributed by atoms with Crippen molar-refractivity contribution in [1.29, 1.82) is 0 Å². The van der Waals surface area contributed by atoms with Crippen LogP contribution < -0.4 is 0 Å². The number of aliphatic hydroxyl groups is 1. The molecular formula is C7H12Br2O. The molecule has 1 saturated carbocycles. The van der Waals surface area contributed by atoms with E-state index in [9.17, 15) is 0 Å². The molecule has 0 saturated heterocycles. The van der Waals surface area contributed by atoms with E-state index in [1.54, 1.807) is 0 Å². The highest BCUT2D eigenvalue weighted by Gasteiger charge is 2.59. The fourth-order valence-corrected chi connectivity index (χ4v) is 3.67. The van der Waals surface area contributed by atoms with E-state index >= 15 is 0 Å². The van der Waals surface area contributed by atoms with Crippen LogP contribution >= 0.6 is 31.9 Å². The molecule has 1 N–H and O–H groups in total. The SMILES string of the molecule is CC[C@@H]1[C@H](CCO)C1(Br)Br. The van der Waals surface area contributed by atoms with Gasteiger partial charge in [0, 0.05) is 6.61 Å². The minimum atomic E-state index is 0.150. The molecule has 1 rings (SSSR count). The molecule has 60 valence electrons. The number of rotatable bonds is 3. The predicted octanol–water partition coefficient (Wildman–Crippen LogP) is 2.51. The van der Waals surface area contributed by atoms with Crippen LogP contribution in [-0.2, 0) is 0 Å². The lowest BCUT2D eigenvalue weighted by molar-refractivity contribution is 0.276. The third kappa shape index (κ3) is 1.41. The van der Waals surface area contributed by atoms with Crippen molar-refractivity contribution in [3.05, 3.63) is 0 Å². The minimum Gasteiger partial charge on any atom is -0.396 e. The lowest BCUT2D eigenvalue weighted by atomic mass is 10.2. The fraction of sp³-hybridized carbons (Fsp3) is 1.00. The Morgan fingerprint density at radius 2 is 2.00 bits per heavy atom. The average molecular weight is 272 g/mol. The summed E-state index contributed by atoms with van der Waals surface area (Å²) in [5, 5.41) is 8.68. The number of halogens is 2. The van der Waals surface area contributed by atoms with Gasteiger partial charge >= 0.3 is 0 Å². The van der Waals surface area contributed by atoms with Crippen molar-refractivity contribution in [2.75, 3.05) is 6.61 Å². The minimum absolute atomic E-state index is 0.150. The maximum Gasteiger partial charge on any atom is 0.0869 e. The van der Waals surface area contributed by atoms with E-state index in [4.69, 9.17) is 5.11 Å². The Labute approximate surface area is 78.5 Å². The maximum absolute atomic E-state index is 8.68. The van der Waals surface area contributed by atoms with E-state index in [1.807, 2.05) is 0 Å². The van der Waals surface area contributed by atoms with Crippen LogP contribution in [0.15, 0.2) is 0 Å². The normalized spacial score (nSPS) is 36.0. The van der Waals surface area contributed by atoms with E-state index < -0.39 is 0 Å². The molecule has 0 aromatic carbocycles. The molecule has 0 amide bonds. The number of aliphatic hydroxyl groups excluding tert-OH is 1. The summed E-state index contributed by atoms with van der Waals surface area (Å²) in [6.45, 7) is 2.49. The zero-order valence-electron chi connectivity index (χ0n) is 5.98. The second-order valence-corrected chi connectivity index (χ2v) is 6.50. The van der Waals surface area contributed by atoms with Crippen molar-refractivity contribution in [2.45, 2.75) is 23.0 Å². The van der Waals surface area contributed by atoms with Crippen molar-refractivity contribution in [2.24, 2.45) is 11.8 Å². The van der Waals surface area contributed by atoms with Gasteiger partial charge in [-0.2, -0.15) is 0 Å². The Bertz CT molecular complexity index is 125. The van der Waals surface area contributed by atoms with Crippen LogP contribution in [0.1, 0.15) is 19.8 Å². The fourth-order valence-electron chi connectivity index (χ4n) is 1.55. The topological polar surface area (TPSA) is 20.2 Å². The van der Waals surface area contributed by atoms with Crippen LogP contribution in [0.4, 0.5) is 0 Å². The summed E-state index contributed by atoms with van der Waals surface area (Å²) in [6.07, 6.45) is 2.09. The summed E-state index contributed by atoms with van der Waals surface area (Å²) in [5.74, 6) is 1.34. The van der Waals surface area contributed by atoms with E-state index in [1.165, 1.54) is 6.42 Å². The number of hydrogen-bond acceptors (Lipinski definition) is 1. The van der Waals surface area contributed by atoms with Crippen LogP contribution in [0.3, 0.4) is 0 Å². The molecule has 0 radical (unpaired) electrons. The summed E-state index contributed by atoms with van der Waals surface area (Å²) >= 11 is 7.17. The summed E-state index contributed by atoms with van der Waals surface area (Å²) in [6, 6.07) is 0. The van der Waals surface area contributed by atoms with E-state index in [0.717, 1.165) is 6.42 Å². The van der Waals surface area contributed by atoms with Crippen molar-refractivity contribution >= 4 is 31.9 Å². The van der Waals surface area contributed by atoms with Crippen molar-refractivity contribution < 1.29 is 5.11 Å². The van der Waals surface area contributed by atoms with Crippen LogP contribution in [0.25, 0.3) is 0 Å². The Morgan fingerprint density at radius 1 is 1.40 bits per heavy atom. The highest BCUT2D eigenvalue weighted by Crippen LogP contribution is 2.64. The summed E-state index contributed by atoms with van der Waals surface area (Å²) in [4.78, 5) is 0. The smallest absolute Gasteiger partial charge is 0.0869 e. The molecule has 0 bridgehead atoms. The third-order valence-corrected chi connectivity index (χ3v) is 4.60. The zero-order valence-corrected chi connectivity index (χ0v) is 9.15. The Morgan fingerprint density at radius 3 is 2.30 bits per heavy atom. The number of hydrogen-bond donors (Lipinski definition) is 1. The van der Waals surface area contributed by atoms with Crippen LogP contribution in [0, 0.1) is 11.8 Å². The quantitative estimate of drug-likeness (QED) is 0.782. The summed E-state index contributed by atoms with van der Waals surface area (Å²) in [7, 11) is 0. The van der Waals surface area contributed by atoms with Gasteiger partial charge in [0.1, 0.15) is 0 Å². The Kier molecular flexibility index (Phi) is 2.81. The van der Waals surface area contributed by atoms with Crippen molar-refractivity contribution in [3.63, 3.8) is 0 Å². The monoisotopic (exact) mass is 270 g/mol. The molecule has 3 heteroatoms. The van der Waals surface area contributed by atoms with Crippen LogP contribution in [-0.4, -0.2) is 14.9 Å². The van der Waals surface area contributed by atoms with Gasteiger partial charge in [-0.25, -0.2) is 0 Å². The molecule has 1 aliphatic rings. The predicted molar refractivity (Wildman–Crippen MR) is 49.6 cm³/mol. The van der Waals surface area contributed by atoms with Gasteiger partial charge in [-0.3, -0.25) is 0 Å². The van der Waals surface area contributed by atoms with Gasteiger partial charge in [0.2, 0.25) is 0 Å². The van der Waals surface area contributed by atoms with Gasteiger partial charge in [0.15, 0.2) is 0 Å². The second kappa shape index (κ2) is 3.11. The molecule has 0 aromatic rings. The van der Waals surface area contributed by atoms with Gasteiger partial charge in [0.05, 0.1) is 3.23 Å². The standard InChI is InChI=1S/C7H12Br2O/c1-2-5-6(3-4-10)7(5,8)9/h5-6,10H,2-4H2,1H3/t5-,6+/m1/s1. The van der Waals surface area contributed by atoms with Gasteiger partial charge in [-0.15, -0.1) is 0 Å². The first-order valence-electron chi connectivity index (χ1n) is 3.63. The first-order valence-corrected chi connectivity index (χ1v) is 5.21. The first-order chi connectivity index (χ1) is 4.64. The zero-order chi connectivity index (χ0) is 7.78. The van der Waals surface area contributed by atoms with Crippen LogP contribution in [0.2, 0.25) is 0 Å². The van der Waals surface area contributed by atoms with Gasteiger partial charge < -0.3 is 5.11 Å². The molecule has 2 atom stereocenters. The highest BCUT2D eigenvalue weighted by molar-refractivity contribution is 9.25. The molecule has 10 heavy (non-hydrogen) atoms. The summed E-state index contributed by atoms with van der Waals surface area (Å²) in [5.41, 5.74) is 0. The molecule has 0 aliphatic heterocycles. The maximum atomic E-state index is 8.68. The van der Waals surface area contributed by atoms with Gasteiger partial charge in [-0.05, 0) is 18.3 Å². The van der Waals surface area contributed by atoms with Gasteiger partial charge in [0.25, 0.3) is 0 Å². The van der Waals surface area contributed by atoms with E-state index in [2.05, 4.69) is 38.8 Å². The van der Waals surface area contributed by atoms with Gasteiger partial charge in [-0.1, -0.05) is 45.2 Å². The molecule has 1 aliphatic carbocycles. The third-order valence-electron chi connectivity index (χ3n) is 2.25. The number of alkyl halides is 2. The van der Waals surface area contributed by atoms with Crippen molar-refractivity contribution in [3.8, 4) is 0 Å². The highest BCUT2D eigenvalue weighted by atomic mass is 79.9. The lowest BCUT2D eigenvalue weighted by Crippen LogP contribution is -1.91. The van der Waals surface area contributed by atoms with Crippen LogP contribution in [0.5, 0.6) is 0 Å². The lowest BCUT2D eigenvalue weighted by Gasteiger charge is -1.94. The molecule has 1 fully saturated rings. The molecule has 1 nitrogen and oxygen atoms in total. The Hall–Kier alpha value is 0.920. The largest absolute Gasteiger partial charge is 0.396 e. The molecule has 0 heterocycles. The second-order valence-electron chi connectivity index (χ2n) is 2.81. The molecular weight excluding hydrogens is 260 g/mol. The first kappa shape index (κ1) is 9.01. The summed E-state index contributed by atoms with van der Waals surface area (Å²) < 4.78 is 0.150. The molecule has 0 spiro atoms. The van der Waals surface area contributed by atoms with E-state index in [-0.39, 0.29) is 3.23 Å². The van der Waals surface area contributed by atoms with Crippen molar-refractivity contribution in [1.82, 2.24) is 0 Å². The molecule has 0 aromatic heterocycles. The average Bonchev–Trinajstić information content (AvgIpc) is 2.36.